The molecule has 0 saturated carbocycles. The van der Waals surface area contributed by atoms with Gasteiger partial charge in [0, 0.05) is 20.6 Å². The van der Waals surface area contributed by atoms with E-state index in [1.54, 1.807) is 31.2 Å². The van der Waals surface area contributed by atoms with Gasteiger partial charge in [0.05, 0.1) is 32.0 Å². The summed E-state index contributed by atoms with van der Waals surface area (Å²) in [5.74, 6) is -0.440. The number of esters is 1. The Balaban J connectivity index is 1.56. The lowest BCUT2D eigenvalue weighted by molar-refractivity contribution is -0.138. The molecule has 6 nitrogen and oxygen atoms in total. The lowest BCUT2D eigenvalue weighted by atomic mass is 9.93. The molecule has 0 saturated heterocycles. The quantitative estimate of drug-likeness (QED) is 0.119. The summed E-state index contributed by atoms with van der Waals surface area (Å²) >= 11 is 13.2. The van der Waals surface area contributed by atoms with Crippen molar-refractivity contribution < 1.29 is 18.7 Å². The number of carbonyl (C=O) groups is 1. The van der Waals surface area contributed by atoms with Crippen LogP contribution in [0, 0.1) is 9.39 Å². The first-order valence-electron chi connectivity index (χ1n) is 14.1. The van der Waals surface area contributed by atoms with Gasteiger partial charge in [0.15, 0.2) is 4.80 Å². The number of benzene rings is 4. The average Bonchev–Trinajstić information content (AvgIpc) is 3.35. The van der Waals surface area contributed by atoms with E-state index in [9.17, 15) is 14.0 Å². The van der Waals surface area contributed by atoms with Gasteiger partial charge in [-0.15, -0.1) is 0 Å². The van der Waals surface area contributed by atoms with Crippen LogP contribution < -0.4 is 19.6 Å². The Morgan fingerprint density at radius 1 is 1.09 bits per heavy atom. The molecule has 1 aromatic heterocycles. The summed E-state index contributed by atoms with van der Waals surface area (Å²) in [5, 5.41) is 0.612. The summed E-state index contributed by atoms with van der Waals surface area (Å²) in [6, 6.07) is 25.4. The van der Waals surface area contributed by atoms with Crippen molar-refractivity contribution in [3.63, 3.8) is 0 Å². The number of halogens is 4. The van der Waals surface area contributed by atoms with Crippen LogP contribution in [0.15, 0.2) is 111 Å². The fraction of sp³-hybridized carbons (Fsp3) is 0.114. The number of carbonyl (C=O) groups excluding carboxylic acids is 1. The van der Waals surface area contributed by atoms with Crippen LogP contribution >= 0.6 is 61.5 Å². The highest BCUT2D eigenvalue weighted by atomic mass is 127. The molecule has 0 aliphatic carbocycles. The fourth-order valence-corrected chi connectivity index (χ4v) is 8.07. The molecule has 232 valence electrons. The summed E-state index contributed by atoms with van der Waals surface area (Å²) in [6.07, 6.45) is 1.77. The average molecular weight is 830 g/mol. The maximum atomic E-state index is 14.3. The molecule has 11 heteroatoms. The van der Waals surface area contributed by atoms with Gasteiger partial charge in [0.25, 0.3) is 5.56 Å². The second-order valence-corrected chi connectivity index (χ2v) is 13.7. The van der Waals surface area contributed by atoms with E-state index in [2.05, 4.69) is 38.5 Å². The molecule has 46 heavy (non-hydrogen) atoms. The van der Waals surface area contributed by atoms with E-state index in [0.717, 1.165) is 13.6 Å². The molecule has 0 fully saturated rings. The number of aromatic nitrogens is 1. The Morgan fingerprint density at radius 3 is 2.57 bits per heavy atom. The lowest BCUT2D eigenvalue weighted by Crippen LogP contribution is -2.40. The number of ether oxygens (including phenoxy) is 2. The Labute approximate surface area is 294 Å². The molecule has 0 unspecified atom stereocenters. The van der Waals surface area contributed by atoms with Crippen LogP contribution in [0.25, 0.3) is 11.8 Å². The van der Waals surface area contributed by atoms with E-state index < -0.39 is 17.8 Å². The number of hydrogen-bond acceptors (Lipinski definition) is 6. The van der Waals surface area contributed by atoms with Crippen molar-refractivity contribution in [3.8, 4) is 5.75 Å². The van der Waals surface area contributed by atoms with Crippen LogP contribution in [-0.2, 0) is 16.1 Å². The first-order chi connectivity index (χ1) is 22.2. The molecule has 0 spiro atoms. The number of hydrogen-bond donors (Lipinski definition) is 0. The highest BCUT2D eigenvalue weighted by Gasteiger charge is 2.35. The molecule has 4 aromatic carbocycles. The van der Waals surface area contributed by atoms with Gasteiger partial charge in [-0.1, -0.05) is 93.5 Å². The van der Waals surface area contributed by atoms with Crippen molar-refractivity contribution in [2.75, 3.05) is 6.61 Å². The first-order valence-corrected chi connectivity index (χ1v) is 17.2. The molecule has 6 rings (SSSR count). The summed E-state index contributed by atoms with van der Waals surface area (Å²) < 4.78 is 29.4. The van der Waals surface area contributed by atoms with Crippen molar-refractivity contribution >= 4 is 79.2 Å². The predicted octanol–water partition coefficient (Wildman–Crippen LogP) is 7.67. The zero-order valence-corrected chi connectivity index (χ0v) is 29.5. The van der Waals surface area contributed by atoms with E-state index in [1.165, 1.54) is 28.0 Å². The van der Waals surface area contributed by atoms with Gasteiger partial charge in [0.1, 0.15) is 18.2 Å². The van der Waals surface area contributed by atoms with E-state index >= 15 is 0 Å². The number of rotatable bonds is 8. The maximum absolute atomic E-state index is 14.3. The summed E-state index contributed by atoms with van der Waals surface area (Å²) in [5.41, 5.74) is 3.04. The first kappa shape index (κ1) is 32.4. The molecule has 1 aliphatic heterocycles. The monoisotopic (exact) mass is 828 g/mol. The second-order valence-electron chi connectivity index (χ2n) is 10.2. The molecule has 1 aliphatic rings. The molecule has 0 radical (unpaired) electrons. The lowest BCUT2D eigenvalue weighted by Gasteiger charge is -2.25. The van der Waals surface area contributed by atoms with Crippen molar-refractivity contribution in [3.05, 3.63) is 157 Å². The normalized spacial score (nSPS) is 14.5. The van der Waals surface area contributed by atoms with Gasteiger partial charge in [0.2, 0.25) is 0 Å². The van der Waals surface area contributed by atoms with Gasteiger partial charge in [-0.25, -0.2) is 14.2 Å². The Morgan fingerprint density at radius 2 is 1.85 bits per heavy atom. The van der Waals surface area contributed by atoms with Crippen LogP contribution in [0.4, 0.5) is 4.39 Å². The van der Waals surface area contributed by atoms with Gasteiger partial charge in [-0.2, -0.15) is 0 Å². The summed E-state index contributed by atoms with van der Waals surface area (Å²) in [7, 11) is 0. The van der Waals surface area contributed by atoms with Crippen LogP contribution in [0.1, 0.15) is 35.2 Å². The van der Waals surface area contributed by atoms with Crippen LogP contribution in [0.5, 0.6) is 5.75 Å². The Hall–Kier alpha value is -3.58. The summed E-state index contributed by atoms with van der Waals surface area (Å²) in [6.45, 7) is 2.12. The largest absolute Gasteiger partial charge is 0.487 e. The van der Waals surface area contributed by atoms with E-state index in [1.807, 2.05) is 60.7 Å². The standard InChI is InChI=1S/C35H24BrClFIN2O4S/c1-2-44-34(43)29-30(21-8-4-3-5-9-21)40-35-41(31(29)22-11-13-26(38)14-12-22)33(42)28(46-35)17-23-16-24(36)18-27(39)32(23)45-19-20-7-6-10-25(37)15-20/h3-18,31H,2,19H2,1H3/b28-17-/t31-/m1/s1. The summed E-state index contributed by atoms with van der Waals surface area (Å²) in [4.78, 5) is 33.2. The minimum Gasteiger partial charge on any atom is -0.487 e. The molecule has 0 bridgehead atoms. The van der Waals surface area contributed by atoms with Crippen molar-refractivity contribution in [2.24, 2.45) is 4.99 Å². The van der Waals surface area contributed by atoms with Gasteiger partial charge < -0.3 is 9.47 Å². The van der Waals surface area contributed by atoms with Gasteiger partial charge in [-0.3, -0.25) is 9.36 Å². The Kier molecular flexibility index (Phi) is 9.88. The topological polar surface area (TPSA) is 69.9 Å². The molecule has 2 heterocycles. The molecular weight excluding hydrogens is 806 g/mol. The molecule has 5 aromatic rings. The Bertz CT molecular complexity index is 2170. The van der Waals surface area contributed by atoms with Crippen LogP contribution in [-0.4, -0.2) is 17.1 Å². The molecule has 1 atom stereocenters. The number of nitrogens with zero attached hydrogens (tertiary/aromatic N) is 2. The van der Waals surface area contributed by atoms with E-state index in [4.69, 9.17) is 26.1 Å². The van der Waals surface area contributed by atoms with E-state index in [-0.39, 0.29) is 24.3 Å². The smallest absolute Gasteiger partial charge is 0.338 e. The molecular formula is C35H24BrClFIN2O4S. The van der Waals surface area contributed by atoms with Crippen LogP contribution in [0.3, 0.4) is 0 Å². The number of fused-ring (bicyclic) bond motifs is 1. The van der Waals surface area contributed by atoms with Gasteiger partial charge >= 0.3 is 5.97 Å². The highest BCUT2D eigenvalue weighted by Crippen LogP contribution is 2.36. The third kappa shape index (κ3) is 6.76. The third-order valence-electron chi connectivity index (χ3n) is 7.16. The molecule has 0 amide bonds. The fourth-order valence-electron chi connectivity index (χ4n) is 5.16. The zero-order chi connectivity index (χ0) is 32.4. The predicted molar refractivity (Wildman–Crippen MR) is 190 cm³/mol. The van der Waals surface area contributed by atoms with Crippen LogP contribution in [0.2, 0.25) is 5.02 Å². The minimum absolute atomic E-state index is 0.129. The maximum Gasteiger partial charge on any atom is 0.338 e. The zero-order valence-electron chi connectivity index (χ0n) is 24.2. The van der Waals surface area contributed by atoms with Crippen molar-refractivity contribution in [1.82, 2.24) is 4.57 Å². The second kappa shape index (κ2) is 14.0. The third-order valence-corrected chi connectivity index (χ3v) is 9.63. The SMILES string of the molecule is CCOC(=O)C1=C(c2ccccc2)N=c2s/c(=C\c3cc(Br)cc(I)c3OCc3cccc(Cl)c3)c(=O)n2[C@@H]1c1ccc(F)cc1. The highest BCUT2D eigenvalue weighted by molar-refractivity contribution is 14.1. The van der Waals surface area contributed by atoms with Crippen molar-refractivity contribution in [2.45, 2.75) is 19.6 Å². The van der Waals surface area contributed by atoms with E-state index in [0.29, 0.717) is 42.5 Å². The van der Waals surface area contributed by atoms with Crippen molar-refractivity contribution in [1.29, 1.82) is 0 Å². The van der Waals surface area contributed by atoms with Gasteiger partial charge in [-0.05, 0) is 83.1 Å². The molecule has 0 N–H and O–H groups in total. The minimum atomic E-state index is -0.908. The number of thiazole rings is 1.